The number of rotatable bonds is 3. The molecular formula is C14H16N2O3. The van der Waals surface area contributed by atoms with Gasteiger partial charge in [0.25, 0.3) is 5.56 Å². The van der Waals surface area contributed by atoms with Crippen molar-refractivity contribution in [1.82, 2.24) is 9.97 Å². The van der Waals surface area contributed by atoms with Gasteiger partial charge in [0.2, 0.25) is 0 Å². The van der Waals surface area contributed by atoms with Gasteiger partial charge in [0.1, 0.15) is 5.82 Å². The number of phenols is 1. The van der Waals surface area contributed by atoms with E-state index in [0.29, 0.717) is 34.8 Å². The molecule has 0 amide bonds. The van der Waals surface area contributed by atoms with Crippen LogP contribution in [0.3, 0.4) is 0 Å². The Morgan fingerprint density at radius 3 is 2.74 bits per heavy atom. The van der Waals surface area contributed by atoms with Crippen LogP contribution in [0.5, 0.6) is 11.5 Å². The summed E-state index contributed by atoms with van der Waals surface area (Å²) in [7, 11) is 1.47. The number of benzene rings is 1. The molecule has 2 N–H and O–H groups in total. The van der Waals surface area contributed by atoms with Crippen LogP contribution in [0, 0.1) is 6.92 Å². The van der Waals surface area contributed by atoms with E-state index in [-0.39, 0.29) is 11.3 Å². The van der Waals surface area contributed by atoms with E-state index in [1.54, 1.807) is 12.1 Å². The molecule has 0 fully saturated rings. The molecule has 0 unspecified atom stereocenters. The SMILES string of the molecule is CCc1c(C)nc(-c2ccc(O)c(OC)c2)[nH]c1=O. The monoisotopic (exact) mass is 260 g/mol. The molecule has 0 aliphatic rings. The number of nitrogens with one attached hydrogen (secondary N) is 1. The first-order valence-corrected chi connectivity index (χ1v) is 6.04. The molecular weight excluding hydrogens is 244 g/mol. The van der Waals surface area contributed by atoms with Crippen molar-refractivity contribution in [3.8, 4) is 22.9 Å². The Morgan fingerprint density at radius 2 is 2.16 bits per heavy atom. The summed E-state index contributed by atoms with van der Waals surface area (Å²) in [6, 6.07) is 4.83. The molecule has 0 radical (unpaired) electrons. The van der Waals surface area contributed by atoms with Gasteiger partial charge in [-0.3, -0.25) is 4.79 Å². The Hall–Kier alpha value is -2.30. The van der Waals surface area contributed by atoms with Gasteiger partial charge in [-0.25, -0.2) is 4.98 Å². The van der Waals surface area contributed by atoms with Gasteiger partial charge < -0.3 is 14.8 Å². The van der Waals surface area contributed by atoms with E-state index in [1.807, 2.05) is 13.8 Å². The van der Waals surface area contributed by atoms with E-state index in [4.69, 9.17) is 4.74 Å². The maximum absolute atomic E-state index is 11.9. The highest BCUT2D eigenvalue weighted by atomic mass is 16.5. The number of hydrogen-bond acceptors (Lipinski definition) is 4. The molecule has 0 spiro atoms. The number of aromatic amines is 1. The van der Waals surface area contributed by atoms with Crippen molar-refractivity contribution in [2.75, 3.05) is 7.11 Å². The number of methoxy groups -OCH3 is 1. The third-order valence-corrected chi connectivity index (χ3v) is 3.03. The molecule has 5 heteroatoms. The maximum Gasteiger partial charge on any atom is 0.254 e. The molecule has 19 heavy (non-hydrogen) atoms. The van der Waals surface area contributed by atoms with Crippen LogP contribution in [0.15, 0.2) is 23.0 Å². The van der Waals surface area contributed by atoms with Crippen LogP contribution in [0.25, 0.3) is 11.4 Å². The van der Waals surface area contributed by atoms with Crippen LogP contribution in [0.4, 0.5) is 0 Å². The Morgan fingerprint density at radius 1 is 1.42 bits per heavy atom. The standard InChI is InChI=1S/C14H16N2O3/c1-4-10-8(2)15-13(16-14(10)18)9-5-6-11(17)12(7-9)19-3/h5-7,17H,4H2,1-3H3,(H,15,16,18). The van der Waals surface area contributed by atoms with Gasteiger partial charge in [0, 0.05) is 16.8 Å². The van der Waals surface area contributed by atoms with Crippen molar-refractivity contribution in [1.29, 1.82) is 0 Å². The summed E-state index contributed by atoms with van der Waals surface area (Å²) in [5.74, 6) is 0.867. The zero-order valence-corrected chi connectivity index (χ0v) is 11.2. The number of nitrogens with zero attached hydrogens (tertiary/aromatic N) is 1. The summed E-state index contributed by atoms with van der Waals surface area (Å²) in [4.78, 5) is 19.0. The number of aromatic nitrogens is 2. The fraction of sp³-hybridized carbons (Fsp3) is 0.286. The van der Waals surface area contributed by atoms with E-state index in [2.05, 4.69) is 9.97 Å². The fourth-order valence-electron chi connectivity index (χ4n) is 1.99. The molecule has 2 aromatic rings. The third-order valence-electron chi connectivity index (χ3n) is 3.03. The van der Waals surface area contributed by atoms with Crippen LogP contribution in [-0.2, 0) is 6.42 Å². The maximum atomic E-state index is 11.9. The smallest absolute Gasteiger partial charge is 0.254 e. The van der Waals surface area contributed by atoms with Gasteiger partial charge in [-0.15, -0.1) is 0 Å². The first-order chi connectivity index (χ1) is 9.06. The topological polar surface area (TPSA) is 75.2 Å². The van der Waals surface area contributed by atoms with Gasteiger partial charge in [-0.1, -0.05) is 6.92 Å². The van der Waals surface area contributed by atoms with Crippen LogP contribution in [-0.4, -0.2) is 22.2 Å². The van der Waals surface area contributed by atoms with Crippen molar-refractivity contribution >= 4 is 0 Å². The lowest BCUT2D eigenvalue weighted by molar-refractivity contribution is 0.373. The summed E-state index contributed by atoms with van der Waals surface area (Å²) in [6.45, 7) is 3.73. The molecule has 2 rings (SSSR count). The number of phenolic OH excluding ortho intramolecular Hbond substituents is 1. The quantitative estimate of drug-likeness (QED) is 0.885. The molecule has 0 saturated heterocycles. The number of ether oxygens (including phenoxy) is 1. The highest BCUT2D eigenvalue weighted by molar-refractivity contribution is 5.60. The van der Waals surface area contributed by atoms with Crippen LogP contribution >= 0.6 is 0 Å². The molecule has 0 aliphatic heterocycles. The summed E-state index contributed by atoms with van der Waals surface area (Å²) < 4.78 is 5.04. The normalized spacial score (nSPS) is 10.5. The number of H-pyrrole nitrogens is 1. The van der Waals surface area contributed by atoms with Crippen molar-refractivity contribution in [2.45, 2.75) is 20.3 Å². The first kappa shape index (κ1) is 13.1. The minimum Gasteiger partial charge on any atom is -0.504 e. The van der Waals surface area contributed by atoms with Crippen LogP contribution in [0.2, 0.25) is 0 Å². The van der Waals surface area contributed by atoms with E-state index in [9.17, 15) is 9.90 Å². The van der Waals surface area contributed by atoms with Crippen molar-refractivity contribution in [3.05, 3.63) is 39.8 Å². The fourth-order valence-corrected chi connectivity index (χ4v) is 1.99. The third kappa shape index (κ3) is 2.45. The summed E-state index contributed by atoms with van der Waals surface area (Å²) >= 11 is 0. The van der Waals surface area contributed by atoms with E-state index in [1.165, 1.54) is 13.2 Å². The lowest BCUT2D eigenvalue weighted by atomic mass is 10.1. The Balaban J connectivity index is 2.56. The van der Waals surface area contributed by atoms with Crippen molar-refractivity contribution in [3.63, 3.8) is 0 Å². The highest BCUT2D eigenvalue weighted by Crippen LogP contribution is 2.29. The van der Waals surface area contributed by atoms with Crippen LogP contribution in [0.1, 0.15) is 18.2 Å². The number of aromatic hydroxyl groups is 1. The molecule has 100 valence electrons. The van der Waals surface area contributed by atoms with Gasteiger partial charge in [0.05, 0.1) is 7.11 Å². The average Bonchev–Trinajstić information content (AvgIpc) is 2.39. The molecule has 0 saturated carbocycles. The second-order valence-electron chi connectivity index (χ2n) is 4.22. The van der Waals surface area contributed by atoms with Crippen LogP contribution < -0.4 is 10.3 Å². The highest BCUT2D eigenvalue weighted by Gasteiger charge is 2.10. The molecule has 1 aromatic carbocycles. The predicted molar refractivity (Wildman–Crippen MR) is 72.6 cm³/mol. The van der Waals surface area contributed by atoms with Gasteiger partial charge >= 0.3 is 0 Å². The molecule has 0 bridgehead atoms. The van der Waals surface area contributed by atoms with Crippen molar-refractivity contribution < 1.29 is 9.84 Å². The molecule has 0 atom stereocenters. The van der Waals surface area contributed by atoms with Gasteiger partial charge in [-0.2, -0.15) is 0 Å². The molecule has 1 heterocycles. The number of aryl methyl sites for hydroxylation is 1. The van der Waals surface area contributed by atoms with E-state index < -0.39 is 0 Å². The minimum absolute atomic E-state index is 0.0514. The molecule has 5 nitrogen and oxygen atoms in total. The second-order valence-corrected chi connectivity index (χ2v) is 4.22. The second kappa shape index (κ2) is 5.14. The lowest BCUT2D eigenvalue weighted by Crippen LogP contribution is -2.16. The zero-order valence-electron chi connectivity index (χ0n) is 11.2. The molecule has 0 aliphatic carbocycles. The lowest BCUT2D eigenvalue weighted by Gasteiger charge is -2.08. The van der Waals surface area contributed by atoms with Gasteiger partial charge in [0.15, 0.2) is 11.5 Å². The summed E-state index contributed by atoms with van der Waals surface area (Å²) in [6.07, 6.45) is 0.646. The summed E-state index contributed by atoms with van der Waals surface area (Å²) in [5, 5.41) is 9.56. The Labute approximate surface area is 110 Å². The Kier molecular flexibility index (Phi) is 3.55. The van der Waals surface area contributed by atoms with E-state index >= 15 is 0 Å². The minimum atomic E-state index is -0.128. The average molecular weight is 260 g/mol. The summed E-state index contributed by atoms with van der Waals surface area (Å²) in [5.41, 5.74) is 1.97. The first-order valence-electron chi connectivity index (χ1n) is 6.04. The molecule has 1 aromatic heterocycles. The Bertz CT molecular complexity index is 662. The van der Waals surface area contributed by atoms with Gasteiger partial charge in [-0.05, 0) is 31.5 Å². The van der Waals surface area contributed by atoms with E-state index in [0.717, 1.165) is 0 Å². The number of hydrogen-bond donors (Lipinski definition) is 2. The zero-order chi connectivity index (χ0) is 14.0. The van der Waals surface area contributed by atoms with Crippen molar-refractivity contribution in [2.24, 2.45) is 0 Å². The predicted octanol–water partition coefficient (Wildman–Crippen LogP) is 2.02. The largest absolute Gasteiger partial charge is 0.504 e.